The number of ether oxygens (including phenoxy) is 1. The lowest BCUT2D eigenvalue weighted by Crippen LogP contribution is -2.53. The molecule has 3 saturated heterocycles. The van der Waals surface area contributed by atoms with Crippen LogP contribution >= 0.6 is 0 Å². The number of amides is 3. The van der Waals surface area contributed by atoms with Crippen molar-refractivity contribution in [3.8, 4) is 0 Å². The summed E-state index contributed by atoms with van der Waals surface area (Å²) in [6.45, 7) is 6.82. The molecule has 5 rings (SSSR count). The molecule has 9 heteroatoms. The van der Waals surface area contributed by atoms with E-state index in [0.717, 1.165) is 30.8 Å². The predicted molar refractivity (Wildman–Crippen MR) is 157 cm³/mol. The summed E-state index contributed by atoms with van der Waals surface area (Å²) in [7, 11) is 0. The lowest BCUT2D eigenvalue weighted by atomic mass is 9.70. The van der Waals surface area contributed by atoms with Gasteiger partial charge in [0.1, 0.15) is 11.6 Å². The predicted octanol–water partition coefficient (Wildman–Crippen LogP) is 3.32. The van der Waals surface area contributed by atoms with E-state index in [0.29, 0.717) is 44.5 Å². The molecule has 5 atom stereocenters. The molecular formula is C32H42N4O5. The van der Waals surface area contributed by atoms with Gasteiger partial charge in [0.05, 0.1) is 17.9 Å². The third-order valence-electron chi connectivity index (χ3n) is 8.98. The van der Waals surface area contributed by atoms with E-state index in [4.69, 9.17) is 4.74 Å². The highest BCUT2D eigenvalue weighted by atomic mass is 16.5. The molecule has 0 aliphatic carbocycles. The second kappa shape index (κ2) is 12.6. The van der Waals surface area contributed by atoms with Gasteiger partial charge in [0.15, 0.2) is 0 Å². The van der Waals surface area contributed by atoms with Gasteiger partial charge in [-0.3, -0.25) is 14.4 Å². The molecule has 2 aromatic rings. The lowest BCUT2D eigenvalue weighted by molar-refractivity contribution is -0.141. The number of carbonyl (C=O) groups excluding carboxylic acids is 3. The Labute approximate surface area is 242 Å². The normalized spacial score (nSPS) is 26.2. The van der Waals surface area contributed by atoms with Crippen molar-refractivity contribution in [1.82, 2.24) is 10.2 Å². The van der Waals surface area contributed by atoms with Crippen molar-refractivity contribution in [3.05, 3.63) is 60.2 Å². The zero-order chi connectivity index (χ0) is 29.0. The zero-order valence-corrected chi connectivity index (χ0v) is 24.1. The largest absolute Gasteiger partial charge is 0.396 e. The molecule has 9 nitrogen and oxygen atoms in total. The Morgan fingerprint density at radius 2 is 1.76 bits per heavy atom. The van der Waals surface area contributed by atoms with Crippen LogP contribution in [0.4, 0.5) is 11.4 Å². The lowest BCUT2D eigenvalue weighted by Gasteiger charge is -2.33. The fourth-order valence-corrected chi connectivity index (χ4v) is 7.02. The van der Waals surface area contributed by atoms with E-state index in [2.05, 4.69) is 29.4 Å². The molecule has 2 bridgehead atoms. The van der Waals surface area contributed by atoms with Gasteiger partial charge in [0, 0.05) is 44.2 Å². The first kappa shape index (κ1) is 29.1. The number of unbranched alkanes of at least 4 members (excludes halogenated alkanes) is 2. The number of rotatable bonds is 13. The maximum Gasteiger partial charge on any atom is 0.250 e. The van der Waals surface area contributed by atoms with Crippen LogP contribution in [0, 0.1) is 11.8 Å². The number of aliphatic hydroxyl groups excluding tert-OH is 1. The summed E-state index contributed by atoms with van der Waals surface area (Å²) in [6.07, 6.45) is 2.83. The summed E-state index contributed by atoms with van der Waals surface area (Å²) in [4.78, 5) is 45.4. The number of hydrogen-bond donors (Lipinski definition) is 3. The van der Waals surface area contributed by atoms with Crippen LogP contribution in [0.15, 0.2) is 54.6 Å². The quantitative estimate of drug-likeness (QED) is 0.323. The fourth-order valence-electron chi connectivity index (χ4n) is 7.02. The third kappa shape index (κ3) is 5.57. The Morgan fingerprint density at radius 1 is 1.02 bits per heavy atom. The third-order valence-corrected chi connectivity index (χ3v) is 8.98. The van der Waals surface area contributed by atoms with E-state index in [1.165, 1.54) is 0 Å². The summed E-state index contributed by atoms with van der Waals surface area (Å²) >= 11 is 0. The van der Waals surface area contributed by atoms with Gasteiger partial charge in [-0.1, -0.05) is 30.3 Å². The van der Waals surface area contributed by atoms with Gasteiger partial charge >= 0.3 is 0 Å². The number of hydrogen-bond acceptors (Lipinski definition) is 6. The van der Waals surface area contributed by atoms with Crippen LogP contribution in [0.2, 0.25) is 0 Å². The Morgan fingerprint density at radius 3 is 2.44 bits per heavy atom. The Bertz CT molecular complexity index is 1220. The number of aliphatic hydroxyl groups is 1. The second-order valence-electron chi connectivity index (χ2n) is 11.3. The van der Waals surface area contributed by atoms with Crippen molar-refractivity contribution in [2.75, 3.05) is 36.5 Å². The molecule has 3 aliphatic rings. The van der Waals surface area contributed by atoms with Crippen LogP contribution in [-0.4, -0.2) is 71.7 Å². The summed E-state index contributed by atoms with van der Waals surface area (Å²) in [5.74, 6) is -2.01. The molecule has 0 radical (unpaired) electrons. The number of nitrogens with zero attached hydrogens (tertiary/aromatic N) is 2. The van der Waals surface area contributed by atoms with Crippen molar-refractivity contribution < 1.29 is 24.2 Å². The van der Waals surface area contributed by atoms with Gasteiger partial charge in [-0.2, -0.15) is 0 Å². The van der Waals surface area contributed by atoms with Crippen LogP contribution in [0.25, 0.3) is 0 Å². The molecule has 3 N–H and O–H groups in total. The van der Waals surface area contributed by atoms with Gasteiger partial charge < -0.3 is 30.3 Å². The highest BCUT2D eigenvalue weighted by Gasteiger charge is 2.74. The standard InChI is InChI=1S/C32H42N4O5/c1-3-35(4-2)24-15-13-23(14-16-24)34-30(39)28-32-18-17-25(41-32)26(29(38)33-21-22-11-7-5-8-12-22)27(32)31(40)36(28)19-9-6-10-20-37/h5,7-8,11-16,25-28,37H,3-4,6,9-10,17-21H2,1-2H3,(H,33,38)(H,34,39)/t25-,26+,27+,28?,32?/m1/s1. The van der Waals surface area contributed by atoms with Gasteiger partial charge in [-0.15, -0.1) is 0 Å². The number of carbonyl (C=O) groups is 3. The molecule has 3 amide bonds. The average molecular weight is 563 g/mol. The number of anilines is 2. The topological polar surface area (TPSA) is 111 Å². The summed E-state index contributed by atoms with van der Waals surface area (Å²) in [5, 5.41) is 15.3. The van der Waals surface area contributed by atoms with Crippen LogP contribution in [0.3, 0.4) is 0 Å². The average Bonchev–Trinajstić information content (AvgIpc) is 3.63. The number of benzene rings is 2. The maximum atomic E-state index is 14.0. The molecule has 220 valence electrons. The zero-order valence-electron chi connectivity index (χ0n) is 24.1. The van der Waals surface area contributed by atoms with E-state index in [9.17, 15) is 19.5 Å². The molecule has 3 aliphatic heterocycles. The Kier molecular flexibility index (Phi) is 8.94. The first-order valence-corrected chi connectivity index (χ1v) is 15.0. The van der Waals surface area contributed by atoms with Crippen molar-refractivity contribution in [1.29, 1.82) is 0 Å². The first-order valence-electron chi connectivity index (χ1n) is 15.0. The van der Waals surface area contributed by atoms with Crippen molar-refractivity contribution in [2.45, 2.75) is 70.2 Å². The first-order chi connectivity index (χ1) is 19.9. The Hall–Kier alpha value is -3.43. The van der Waals surface area contributed by atoms with Crippen LogP contribution in [0.5, 0.6) is 0 Å². The Balaban J connectivity index is 1.37. The van der Waals surface area contributed by atoms with E-state index in [1.807, 2.05) is 54.6 Å². The summed E-state index contributed by atoms with van der Waals surface area (Å²) < 4.78 is 6.52. The monoisotopic (exact) mass is 562 g/mol. The highest BCUT2D eigenvalue weighted by molar-refractivity contribution is 6.03. The number of nitrogens with one attached hydrogen (secondary N) is 2. The number of likely N-dealkylation sites (tertiary alicyclic amines) is 1. The van der Waals surface area contributed by atoms with Gasteiger partial charge in [-0.25, -0.2) is 0 Å². The molecule has 2 aromatic carbocycles. The molecule has 3 heterocycles. The number of fused-ring (bicyclic) bond motifs is 1. The van der Waals surface area contributed by atoms with Crippen molar-refractivity contribution >= 4 is 29.1 Å². The van der Waals surface area contributed by atoms with E-state index < -0.39 is 23.5 Å². The van der Waals surface area contributed by atoms with Gasteiger partial charge in [0.25, 0.3) is 0 Å². The molecule has 41 heavy (non-hydrogen) atoms. The van der Waals surface area contributed by atoms with Crippen LogP contribution in [0.1, 0.15) is 51.5 Å². The van der Waals surface area contributed by atoms with Crippen molar-refractivity contribution in [2.24, 2.45) is 11.8 Å². The van der Waals surface area contributed by atoms with Gasteiger partial charge in [0.2, 0.25) is 17.7 Å². The smallest absolute Gasteiger partial charge is 0.250 e. The summed E-state index contributed by atoms with van der Waals surface area (Å²) in [6, 6.07) is 16.6. The summed E-state index contributed by atoms with van der Waals surface area (Å²) in [5.41, 5.74) is 1.68. The van der Waals surface area contributed by atoms with Gasteiger partial charge in [-0.05, 0) is 75.8 Å². The molecule has 2 unspecified atom stereocenters. The molecule has 3 fully saturated rings. The second-order valence-corrected chi connectivity index (χ2v) is 11.3. The molecule has 0 aromatic heterocycles. The van der Waals surface area contributed by atoms with E-state index >= 15 is 0 Å². The van der Waals surface area contributed by atoms with Crippen molar-refractivity contribution in [3.63, 3.8) is 0 Å². The SMILES string of the molecule is CCN(CC)c1ccc(NC(=O)C2N(CCCCCO)C(=O)[C@@H]3[C@@H](C(=O)NCc4ccccc4)[C@H]4CCC23O4)cc1. The minimum absolute atomic E-state index is 0.0857. The van der Waals surface area contributed by atoms with E-state index in [-0.39, 0.29) is 30.4 Å². The molecule has 1 spiro atoms. The van der Waals surface area contributed by atoms with E-state index in [1.54, 1.807) is 4.90 Å². The molecular weight excluding hydrogens is 520 g/mol. The van der Waals surface area contributed by atoms with Crippen LogP contribution in [-0.2, 0) is 25.7 Å². The molecule has 0 saturated carbocycles. The highest BCUT2D eigenvalue weighted by Crippen LogP contribution is 2.58. The maximum absolute atomic E-state index is 14.0. The minimum Gasteiger partial charge on any atom is -0.396 e. The van der Waals surface area contributed by atoms with Crippen LogP contribution < -0.4 is 15.5 Å². The fraction of sp³-hybridized carbons (Fsp3) is 0.531. The minimum atomic E-state index is -1.03.